The Morgan fingerprint density at radius 1 is 1.64 bits per heavy atom. The predicted octanol–water partition coefficient (Wildman–Crippen LogP) is 1.96. The SMILES string of the molecule is COC1=CC(=O)SC(C)(C)C1. The highest BCUT2D eigenvalue weighted by atomic mass is 32.2. The van der Waals surface area contributed by atoms with Gasteiger partial charge in [0.15, 0.2) is 0 Å². The topological polar surface area (TPSA) is 26.3 Å². The highest BCUT2D eigenvalue weighted by Crippen LogP contribution is 2.36. The van der Waals surface area contributed by atoms with Crippen molar-refractivity contribution >= 4 is 16.9 Å². The second-order valence-electron chi connectivity index (χ2n) is 3.17. The Kier molecular flexibility index (Phi) is 2.28. The number of hydrogen-bond donors (Lipinski definition) is 0. The van der Waals surface area contributed by atoms with Crippen molar-refractivity contribution in [2.45, 2.75) is 25.0 Å². The van der Waals surface area contributed by atoms with Crippen LogP contribution in [0.3, 0.4) is 0 Å². The van der Waals surface area contributed by atoms with E-state index < -0.39 is 0 Å². The van der Waals surface area contributed by atoms with Crippen LogP contribution >= 0.6 is 11.8 Å². The molecule has 1 rings (SSSR count). The third kappa shape index (κ3) is 2.26. The van der Waals surface area contributed by atoms with Crippen LogP contribution in [0.5, 0.6) is 0 Å². The Balaban J connectivity index is 2.78. The molecule has 2 nitrogen and oxygen atoms in total. The summed E-state index contributed by atoms with van der Waals surface area (Å²) >= 11 is 1.37. The first-order chi connectivity index (χ1) is 5.03. The van der Waals surface area contributed by atoms with Crippen molar-refractivity contribution < 1.29 is 9.53 Å². The van der Waals surface area contributed by atoms with Crippen molar-refractivity contribution in [1.82, 2.24) is 0 Å². The summed E-state index contributed by atoms with van der Waals surface area (Å²) in [6.45, 7) is 4.09. The van der Waals surface area contributed by atoms with E-state index in [4.69, 9.17) is 4.74 Å². The standard InChI is InChI=1S/C8H12O2S/c1-8(2)5-6(10-3)4-7(9)11-8/h4H,5H2,1-3H3. The van der Waals surface area contributed by atoms with Gasteiger partial charge < -0.3 is 4.74 Å². The fourth-order valence-corrected chi connectivity index (χ4v) is 2.02. The van der Waals surface area contributed by atoms with Gasteiger partial charge in [0.2, 0.25) is 5.12 Å². The molecule has 0 aromatic heterocycles. The molecule has 0 aliphatic carbocycles. The number of rotatable bonds is 1. The largest absolute Gasteiger partial charge is 0.501 e. The molecule has 0 bridgehead atoms. The molecule has 0 radical (unpaired) electrons. The molecule has 0 saturated heterocycles. The minimum atomic E-state index is -0.00280. The molecule has 62 valence electrons. The maximum atomic E-state index is 11.1. The summed E-state index contributed by atoms with van der Waals surface area (Å²) in [6, 6.07) is 0. The molecule has 0 amide bonds. The second-order valence-corrected chi connectivity index (χ2v) is 4.88. The van der Waals surface area contributed by atoms with Crippen LogP contribution < -0.4 is 0 Å². The van der Waals surface area contributed by atoms with Gasteiger partial charge in [-0.2, -0.15) is 0 Å². The van der Waals surface area contributed by atoms with Crippen LogP contribution in [-0.4, -0.2) is 17.0 Å². The van der Waals surface area contributed by atoms with E-state index in [0.717, 1.165) is 12.2 Å². The third-order valence-electron chi connectivity index (χ3n) is 1.52. The molecule has 1 aliphatic rings. The zero-order chi connectivity index (χ0) is 8.48. The van der Waals surface area contributed by atoms with Crippen molar-refractivity contribution in [2.24, 2.45) is 0 Å². The van der Waals surface area contributed by atoms with Crippen molar-refractivity contribution in [1.29, 1.82) is 0 Å². The van der Waals surface area contributed by atoms with E-state index in [9.17, 15) is 4.79 Å². The molecule has 0 atom stereocenters. The van der Waals surface area contributed by atoms with Gasteiger partial charge in [0.05, 0.1) is 7.11 Å². The van der Waals surface area contributed by atoms with Gasteiger partial charge in [0.25, 0.3) is 0 Å². The molecule has 0 unspecified atom stereocenters. The quantitative estimate of drug-likeness (QED) is 0.604. The van der Waals surface area contributed by atoms with E-state index in [2.05, 4.69) is 0 Å². The molecular weight excluding hydrogens is 160 g/mol. The molecule has 3 heteroatoms. The molecule has 0 saturated carbocycles. The lowest BCUT2D eigenvalue weighted by Gasteiger charge is -2.26. The lowest BCUT2D eigenvalue weighted by molar-refractivity contribution is -0.107. The Labute approximate surface area is 71.0 Å². The van der Waals surface area contributed by atoms with Crippen molar-refractivity contribution in [3.05, 3.63) is 11.8 Å². The number of hydrogen-bond acceptors (Lipinski definition) is 3. The van der Waals surface area contributed by atoms with Gasteiger partial charge in [-0.1, -0.05) is 11.8 Å². The van der Waals surface area contributed by atoms with E-state index >= 15 is 0 Å². The maximum absolute atomic E-state index is 11.1. The lowest BCUT2D eigenvalue weighted by Crippen LogP contribution is -2.22. The molecule has 0 fully saturated rings. The maximum Gasteiger partial charge on any atom is 0.216 e. The molecular formula is C8H12O2S. The van der Waals surface area contributed by atoms with E-state index in [-0.39, 0.29) is 9.86 Å². The molecule has 1 aliphatic heterocycles. The highest BCUT2D eigenvalue weighted by Gasteiger charge is 2.28. The average molecular weight is 172 g/mol. The number of ether oxygens (including phenoxy) is 1. The van der Waals surface area contributed by atoms with E-state index in [1.54, 1.807) is 13.2 Å². The summed E-state index contributed by atoms with van der Waals surface area (Å²) in [4.78, 5) is 11.1. The summed E-state index contributed by atoms with van der Waals surface area (Å²) in [5.74, 6) is 0.791. The van der Waals surface area contributed by atoms with Gasteiger partial charge in [0, 0.05) is 17.2 Å². The molecule has 1 heterocycles. The van der Waals surface area contributed by atoms with Gasteiger partial charge >= 0.3 is 0 Å². The third-order valence-corrected chi connectivity index (χ3v) is 2.53. The van der Waals surface area contributed by atoms with Gasteiger partial charge in [-0.25, -0.2) is 0 Å². The smallest absolute Gasteiger partial charge is 0.216 e. The summed E-state index contributed by atoms with van der Waals surface area (Å²) in [5.41, 5.74) is 0. The molecule has 0 spiro atoms. The van der Waals surface area contributed by atoms with Crippen LogP contribution in [-0.2, 0) is 9.53 Å². The van der Waals surface area contributed by atoms with Crippen LogP contribution in [0, 0.1) is 0 Å². The van der Waals surface area contributed by atoms with E-state index in [1.165, 1.54) is 11.8 Å². The lowest BCUT2D eigenvalue weighted by atomic mass is 10.1. The Morgan fingerprint density at radius 2 is 2.27 bits per heavy atom. The fourth-order valence-electron chi connectivity index (χ4n) is 1.07. The van der Waals surface area contributed by atoms with E-state index in [1.807, 2.05) is 13.8 Å². The number of carbonyl (C=O) groups excluding carboxylic acids is 1. The zero-order valence-corrected chi connectivity index (χ0v) is 7.83. The van der Waals surface area contributed by atoms with Gasteiger partial charge in [-0.3, -0.25) is 4.79 Å². The normalized spacial score (nSPS) is 22.8. The molecule has 0 aromatic carbocycles. The minimum Gasteiger partial charge on any atom is -0.501 e. The van der Waals surface area contributed by atoms with Gasteiger partial charge in [-0.05, 0) is 13.8 Å². The number of allylic oxidation sites excluding steroid dienone is 1. The number of thioether (sulfide) groups is 1. The minimum absolute atomic E-state index is 0.00280. The summed E-state index contributed by atoms with van der Waals surface area (Å²) < 4.78 is 5.02. The monoisotopic (exact) mass is 172 g/mol. The fraction of sp³-hybridized carbons (Fsp3) is 0.625. The van der Waals surface area contributed by atoms with Crippen molar-refractivity contribution in [3.8, 4) is 0 Å². The second kappa shape index (κ2) is 2.89. The van der Waals surface area contributed by atoms with Crippen molar-refractivity contribution in [2.75, 3.05) is 7.11 Å². The first-order valence-corrected chi connectivity index (χ1v) is 4.33. The highest BCUT2D eigenvalue weighted by molar-refractivity contribution is 8.15. The predicted molar refractivity (Wildman–Crippen MR) is 46.4 cm³/mol. The van der Waals surface area contributed by atoms with Crippen LogP contribution in [0.4, 0.5) is 0 Å². The summed E-state index contributed by atoms with van der Waals surface area (Å²) in [6.07, 6.45) is 2.40. The molecule has 11 heavy (non-hydrogen) atoms. The Hall–Kier alpha value is -0.440. The van der Waals surface area contributed by atoms with Gasteiger partial charge in [0.1, 0.15) is 5.76 Å². The Bertz CT molecular complexity index is 206. The van der Waals surface area contributed by atoms with Crippen LogP contribution in [0.2, 0.25) is 0 Å². The van der Waals surface area contributed by atoms with E-state index in [0.29, 0.717) is 0 Å². The summed E-state index contributed by atoms with van der Waals surface area (Å²) in [5, 5.41) is 0.0955. The number of carbonyl (C=O) groups is 1. The van der Waals surface area contributed by atoms with Gasteiger partial charge in [-0.15, -0.1) is 0 Å². The number of methoxy groups -OCH3 is 1. The summed E-state index contributed by atoms with van der Waals surface area (Å²) in [7, 11) is 1.60. The Morgan fingerprint density at radius 3 is 2.73 bits per heavy atom. The zero-order valence-electron chi connectivity index (χ0n) is 7.01. The first-order valence-electron chi connectivity index (χ1n) is 3.51. The molecule has 0 aromatic rings. The van der Waals surface area contributed by atoms with Crippen LogP contribution in [0.1, 0.15) is 20.3 Å². The van der Waals surface area contributed by atoms with Crippen LogP contribution in [0.15, 0.2) is 11.8 Å². The molecule has 0 N–H and O–H groups in total. The first kappa shape index (κ1) is 8.65. The van der Waals surface area contributed by atoms with Crippen LogP contribution in [0.25, 0.3) is 0 Å². The average Bonchev–Trinajstić information content (AvgIpc) is 1.83. The van der Waals surface area contributed by atoms with Crippen molar-refractivity contribution in [3.63, 3.8) is 0 Å².